The van der Waals surface area contributed by atoms with Crippen molar-refractivity contribution in [2.24, 2.45) is 0 Å². The molecular formula is C15H17N3O3. The van der Waals surface area contributed by atoms with E-state index in [1.165, 1.54) is 20.3 Å². The van der Waals surface area contributed by atoms with Gasteiger partial charge in [0.1, 0.15) is 0 Å². The number of benzene rings is 1. The van der Waals surface area contributed by atoms with Gasteiger partial charge >= 0.3 is 0 Å². The molecule has 0 fully saturated rings. The summed E-state index contributed by atoms with van der Waals surface area (Å²) in [7, 11) is 2.97. The third-order valence-electron chi connectivity index (χ3n) is 3.03. The molecular weight excluding hydrogens is 270 g/mol. The number of ether oxygens (including phenoxy) is 2. The summed E-state index contributed by atoms with van der Waals surface area (Å²) in [5, 5.41) is 2.67. The molecule has 110 valence electrons. The molecule has 2 rings (SSSR count). The van der Waals surface area contributed by atoms with Crippen molar-refractivity contribution in [2.75, 3.05) is 19.5 Å². The average molecular weight is 287 g/mol. The van der Waals surface area contributed by atoms with Gasteiger partial charge < -0.3 is 9.47 Å². The van der Waals surface area contributed by atoms with E-state index in [1.807, 2.05) is 37.3 Å². The molecule has 0 saturated carbocycles. The summed E-state index contributed by atoms with van der Waals surface area (Å²) in [6.07, 6.45) is 0. The van der Waals surface area contributed by atoms with E-state index in [1.54, 1.807) is 0 Å². The Balaban J connectivity index is 2.16. The van der Waals surface area contributed by atoms with Crippen LogP contribution in [0.15, 0.2) is 36.4 Å². The van der Waals surface area contributed by atoms with Crippen LogP contribution in [0.5, 0.6) is 11.8 Å². The molecule has 2 aromatic rings. The third kappa shape index (κ3) is 3.68. The molecule has 0 saturated heterocycles. The summed E-state index contributed by atoms with van der Waals surface area (Å²) < 4.78 is 10.1. The maximum Gasteiger partial charge on any atom is 0.236 e. The number of carbonyl (C=O) groups is 1. The Morgan fingerprint density at radius 3 is 2.19 bits per heavy atom. The van der Waals surface area contributed by atoms with Crippen LogP contribution in [0, 0.1) is 0 Å². The Morgan fingerprint density at radius 1 is 1.10 bits per heavy atom. The summed E-state index contributed by atoms with van der Waals surface area (Å²) in [5.41, 5.74) is 0.921. The predicted molar refractivity (Wildman–Crippen MR) is 78.6 cm³/mol. The molecule has 6 heteroatoms. The highest BCUT2D eigenvalue weighted by Crippen LogP contribution is 2.20. The number of aromatic nitrogens is 2. The SMILES string of the molecule is COc1cc(OC)nc(NC(=O)[C@@H](C)c2ccccc2)n1. The number of carbonyl (C=O) groups excluding carboxylic acids is 1. The minimum atomic E-state index is -0.313. The Labute approximate surface area is 123 Å². The molecule has 1 N–H and O–H groups in total. The zero-order valence-electron chi connectivity index (χ0n) is 12.2. The van der Waals surface area contributed by atoms with Crippen LogP contribution in [0.3, 0.4) is 0 Å². The van der Waals surface area contributed by atoms with Crippen LogP contribution in [0.25, 0.3) is 0 Å². The largest absolute Gasteiger partial charge is 0.481 e. The van der Waals surface area contributed by atoms with Crippen molar-refractivity contribution in [2.45, 2.75) is 12.8 Å². The van der Waals surface area contributed by atoms with Crippen LogP contribution >= 0.6 is 0 Å². The lowest BCUT2D eigenvalue weighted by atomic mass is 10.0. The van der Waals surface area contributed by atoms with E-state index in [2.05, 4.69) is 15.3 Å². The highest BCUT2D eigenvalue weighted by atomic mass is 16.5. The Bertz CT molecular complexity index is 595. The molecule has 1 aromatic heterocycles. The van der Waals surface area contributed by atoms with Crippen LogP contribution in [0.2, 0.25) is 0 Å². The molecule has 0 unspecified atom stereocenters. The number of anilines is 1. The second kappa shape index (κ2) is 6.69. The first kappa shape index (κ1) is 14.8. The summed E-state index contributed by atoms with van der Waals surface area (Å²) in [5.74, 6) is 0.288. The first-order valence-electron chi connectivity index (χ1n) is 6.47. The van der Waals surface area contributed by atoms with Crippen molar-refractivity contribution < 1.29 is 14.3 Å². The number of nitrogens with zero attached hydrogens (tertiary/aromatic N) is 2. The van der Waals surface area contributed by atoms with Crippen molar-refractivity contribution in [1.29, 1.82) is 0 Å². The fourth-order valence-corrected chi connectivity index (χ4v) is 1.78. The molecule has 1 atom stereocenters. The van der Waals surface area contributed by atoms with Crippen LogP contribution in [-0.4, -0.2) is 30.1 Å². The number of nitrogens with one attached hydrogen (secondary N) is 1. The van der Waals surface area contributed by atoms with E-state index in [-0.39, 0.29) is 17.8 Å². The van der Waals surface area contributed by atoms with E-state index < -0.39 is 0 Å². The van der Waals surface area contributed by atoms with Crippen molar-refractivity contribution >= 4 is 11.9 Å². The van der Waals surface area contributed by atoms with E-state index in [0.29, 0.717) is 11.8 Å². The van der Waals surface area contributed by atoms with Gasteiger partial charge in [-0.05, 0) is 12.5 Å². The second-order valence-corrected chi connectivity index (χ2v) is 4.40. The van der Waals surface area contributed by atoms with Gasteiger partial charge in [0.25, 0.3) is 0 Å². The van der Waals surface area contributed by atoms with Gasteiger partial charge in [0.2, 0.25) is 23.6 Å². The fourth-order valence-electron chi connectivity index (χ4n) is 1.78. The molecule has 1 amide bonds. The molecule has 0 spiro atoms. The summed E-state index contributed by atoms with van der Waals surface area (Å²) in [6.45, 7) is 1.82. The van der Waals surface area contributed by atoms with Crippen LogP contribution in [0.1, 0.15) is 18.4 Å². The van der Waals surface area contributed by atoms with Gasteiger partial charge in [0.05, 0.1) is 26.2 Å². The number of hydrogen-bond donors (Lipinski definition) is 1. The Morgan fingerprint density at radius 2 is 1.67 bits per heavy atom. The van der Waals surface area contributed by atoms with Gasteiger partial charge in [-0.15, -0.1) is 0 Å². The molecule has 1 aromatic carbocycles. The quantitative estimate of drug-likeness (QED) is 0.913. The normalized spacial score (nSPS) is 11.6. The molecule has 21 heavy (non-hydrogen) atoms. The van der Waals surface area contributed by atoms with E-state index in [0.717, 1.165) is 5.56 Å². The second-order valence-electron chi connectivity index (χ2n) is 4.40. The minimum absolute atomic E-state index is 0.152. The topological polar surface area (TPSA) is 73.3 Å². The van der Waals surface area contributed by atoms with Crippen molar-refractivity contribution in [1.82, 2.24) is 9.97 Å². The highest BCUT2D eigenvalue weighted by molar-refractivity contribution is 5.94. The smallest absolute Gasteiger partial charge is 0.236 e. The zero-order valence-corrected chi connectivity index (χ0v) is 12.2. The minimum Gasteiger partial charge on any atom is -0.481 e. The monoisotopic (exact) mass is 287 g/mol. The van der Waals surface area contributed by atoms with E-state index >= 15 is 0 Å². The lowest BCUT2D eigenvalue weighted by Crippen LogP contribution is -2.20. The van der Waals surface area contributed by atoms with Gasteiger partial charge in [0, 0.05) is 0 Å². The van der Waals surface area contributed by atoms with Crippen LogP contribution in [0.4, 0.5) is 5.95 Å². The van der Waals surface area contributed by atoms with Crippen molar-refractivity contribution in [3.05, 3.63) is 42.0 Å². The van der Waals surface area contributed by atoms with E-state index in [4.69, 9.17) is 9.47 Å². The average Bonchev–Trinajstić information content (AvgIpc) is 2.54. The van der Waals surface area contributed by atoms with Crippen molar-refractivity contribution in [3.63, 3.8) is 0 Å². The van der Waals surface area contributed by atoms with Gasteiger partial charge in [-0.2, -0.15) is 9.97 Å². The van der Waals surface area contributed by atoms with E-state index in [9.17, 15) is 4.79 Å². The molecule has 1 heterocycles. The highest BCUT2D eigenvalue weighted by Gasteiger charge is 2.17. The predicted octanol–water partition coefficient (Wildman–Crippen LogP) is 2.24. The summed E-state index contributed by atoms with van der Waals surface area (Å²) >= 11 is 0. The lowest BCUT2D eigenvalue weighted by molar-refractivity contribution is -0.117. The Kier molecular flexibility index (Phi) is 4.71. The Hall–Kier alpha value is -2.63. The molecule has 0 aliphatic heterocycles. The maximum atomic E-state index is 12.2. The molecule has 0 aliphatic rings. The number of hydrogen-bond acceptors (Lipinski definition) is 5. The number of amides is 1. The van der Waals surface area contributed by atoms with Gasteiger partial charge in [-0.3, -0.25) is 10.1 Å². The van der Waals surface area contributed by atoms with Crippen LogP contribution < -0.4 is 14.8 Å². The summed E-state index contributed by atoms with van der Waals surface area (Å²) in [6, 6.07) is 11.0. The van der Waals surface area contributed by atoms with Gasteiger partial charge in [-0.25, -0.2) is 0 Å². The first-order chi connectivity index (χ1) is 10.1. The maximum absolute atomic E-state index is 12.2. The fraction of sp³-hybridized carbons (Fsp3) is 0.267. The first-order valence-corrected chi connectivity index (χ1v) is 6.47. The van der Waals surface area contributed by atoms with Crippen molar-refractivity contribution in [3.8, 4) is 11.8 Å². The summed E-state index contributed by atoms with van der Waals surface area (Å²) in [4.78, 5) is 20.4. The van der Waals surface area contributed by atoms with Crippen LogP contribution in [-0.2, 0) is 4.79 Å². The zero-order chi connectivity index (χ0) is 15.2. The molecule has 6 nitrogen and oxygen atoms in total. The lowest BCUT2D eigenvalue weighted by Gasteiger charge is -2.12. The van der Waals surface area contributed by atoms with Gasteiger partial charge in [-0.1, -0.05) is 30.3 Å². The number of methoxy groups -OCH3 is 2. The van der Waals surface area contributed by atoms with Gasteiger partial charge in [0.15, 0.2) is 0 Å². The molecule has 0 bridgehead atoms. The number of rotatable bonds is 5. The molecule has 0 aliphatic carbocycles. The standard InChI is InChI=1S/C15H17N3O3/c1-10(11-7-5-4-6-8-11)14(19)18-15-16-12(20-2)9-13(17-15)21-3/h4-10H,1-3H3,(H,16,17,18,19)/t10-/m0/s1. The third-order valence-corrected chi connectivity index (χ3v) is 3.03. The molecule has 0 radical (unpaired) electrons.